The van der Waals surface area contributed by atoms with Crippen LogP contribution in [-0.2, 0) is 9.59 Å². The van der Waals surface area contributed by atoms with Gasteiger partial charge in [0.2, 0.25) is 11.8 Å². The van der Waals surface area contributed by atoms with Gasteiger partial charge >= 0.3 is 0 Å². The molecule has 0 aliphatic heterocycles. The Morgan fingerprint density at radius 3 is 2.32 bits per heavy atom. The minimum absolute atomic E-state index is 0.0149. The molecular formula is C17H31N3O2. The Balaban J connectivity index is 1.64. The summed E-state index contributed by atoms with van der Waals surface area (Å²) >= 11 is 0. The van der Waals surface area contributed by atoms with Crippen LogP contribution in [0, 0.1) is 11.8 Å². The van der Waals surface area contributed by atoms with Gasteiger partial charge in [-0.15, -0.1) is 0 Å². The van der Waals surface area contributed by atoms with Crippen LogP contribution < -0.4 is 16.4 Å². The van der Waals surface area contributed by atoms with E-state index < -0.39 is 0 Å². The van der Waals surface area contributed by atoms with Gasteiger partial charge in [-0.3, -0.25) is 9.59 Å². The number of nitrogens with two attached hydrogens (primary N) is 1. The lowest BCUT2D eigenvalue weighted by Crippen LogP contribution is -2.48. The predicted octanol–water partition coefficient (Wildman–Crippen LogP) is 1.71. The second kappa shape index (κ2) is 9.13. The van der Waals surface area contributed by atoms with E-state index in [1.54, 1.807) is 0 Å². The highest BCUT2D eigenvalue weighted by Crippen LogP contribution is 2.26. The van der Waals surface area contributed by atoms with Crippen LogP contribution in [0.5, 0.6) is 0 Å². The molecule has 0 radical (unpaired) electrons. The minimum atomic E-state index is -0.0812. The van der Waals surface area contributed by atoms with Crippen LogP contribution in [-0.4, -0.2) is 30.9 Å². The molecule has 5 nitrogen and oxygen atoms in total. The summed E-state index contributed by atoms with van der Waals surface area (Å²) in [5.74, 6) is 0.829. The second-order valence-corrected chi connectivity index (χ2v) is 6.94. The molecule has 2 fully saturated rings. The number of amides is 2. The van der Waals surface area contributed by atoms with E-state index in [1.165, 1.54) is 25.7 Å². The van der Waals surface area contributed by atoms with Crippen LogP contribution in [0.4, 0.5) is 0 Å². The number of rotatable bonds is 6. The van der Waals surface area contributed by atoms with Crippen LogP contribution in [0.15, 0.2) is 0 Å². The number of nitrogens with one attached hydrogen (secondary N) is 2. The lowest BCUT2D eigenvalue weighted by Gasteiger charge is -2.31. The summed E-state index contributed by atoms with van der Waals surface area (Å²) in [4.78, 5) is 23.9. The SMILES string of the molecule is NCC1CCCCC1NC(=O)CNC(=O)CC1CCCCC1. The van der Waals surface area contributed by atoms with Gasteiger partial charge in [0.15, 0.2) is 0 Å². The quantitative estimate of drug-likeness (QED) is 0.698. The number of hydrogen-bond donors (Lipinski definition) is 3. The highest BCUT2D eigenvalue weighted by Gasteiger charge is 2.25. The predicted molar refractivity (Wildman–Crippen MR) is 87.1 cm³/mol. The average molecular weight is 309 g/mol. The third-order valence-corrected chi connectivity index (χ3v) is 5.20. The average Bonchev–Trinajstić information content (AvgIpc) is 2.54. The Hall–Kier alpha value is -1.10. The Morgan fingerprint density at radius 2 is 1.59 bits per heavy atom. The fourth-order valence-corrected chi connectivity index (χ4v) is 3.84. The van der Waals surface area contributed by atoms with Crippen LogP contribution in [0.25, 0.3) is 0 Å². The first kappa shape index (κ1) is 17.3. The Labute approximate surface area is 133 Å². The maximum Gasteiger partial charge on any atom is 0.239 e. The monoisotopic (exact) mass is 309 g/mol. The molecule has 2 aliphatic carbocycles. The van der Waals surface area contributed by atoms with Gasteiger partial charge in [-0.1, -0.05) is 32.1 Å². The molecule has 2 unspecified atom stereocenters. The maximum atomic E-state index is 12.0. The van der Waals surface area contributed by atoms with E-state index >= 15 is 0 Å². The highest BCUT2D eigenvalue weighted by molar-refractivity contribution is 5.84. The minimum Gasteiger partial charge on any atom is -0.352 e. The zero-order valence-corrected chi connectivity index (χ0v) is 13.6. The third-order valence-electron chi connectivity index (χ3n) is 5.20. The van der Waals surface area contributed by atoms with Crippen LogP contribution in [0.1, 0.15) is 64.2 Å². The van der Waals surface area contributed by atoms with Gasteiger partial charge < -0.3 is 16.4 Å². The third kappa shape index (κ3) is 5.59. The molecule has 0 heterocycles. The van der Waals surface area contributed by atoms with Crippen molar-refractivity contribution in [1.29, 1.82) is 0 Å². The summed E-state index contributed by atoms with van der Waals surface area (Å²) in [6, 6.07) is 0.182. The van der Waals surface area contributed by atoms with Crippen molar-refractivity contribution < 1.29 is 9.59 Å². The van der Waals surface area contributed by atoms with Crippen molar-refractivity contribution in [3.05, 3.63) is 0 Å². The first-order valence-electron chi connectivity index (χ1n) is 8.95. The molecule has 0 bridgehead atoms. The molecule has 0 saturated heterocycles. The zero-order chi connectivity index (χ0) is 15.8. The molecule has 5 heteroatoms. The topological polar surface area (TPSA) is 84.2 Å². The molecule has 22 heavy (non-hydrogen) atoms. The summed E-state index contributed by atoms with van der Waals surface area (Å²) in [7, 11) is 0. The van der Waals surface area contributed by atoms with Crippen molar-refractivity contribution >= 4 is 11.8 Å². The lowest BCUT2D eigenvalue weighted by molar-refractivity contribution is -0.127. The maximum absolute atomic E-state index is 12.0. The van der Waals surface area contributed by atoms with Crippen LogP contribution in [0.2, 0.25) is 0 Å². The summed E-state index contributed by atoms with van der Waals surface area (Å²) in [6.07, 6.45) is 11.1. The van der Waals surface area contributed by atoms with Gasteiger partial charge in [0.05, 0.1) is 6.54 Å². The number of carbonyl (C=O) groups is 2. The van der Waals surface area contributed by atoms with Gasteiger partial charge in [0, 0.05) is 12.5 Å². The molecule has 2 rings (SSSR count). The Kier molecular flexibility index (Phi) is 7.16. The summed E-state index contributed by atoms with van der Waals surface area (Å²) < 4.78 is 0. The van der Waals surface area contributed by atoms with Crippen molar-refractivity contribution in [2.45, 2.75) is 70.3 Å². The van der Waals surface area contributed by atoms with E-state index in [1.807, 2.05) is 0 Å². The van der Waals surface area contributed by atoms with E-state index in [-0.39, 0.29) is 24.4 Å². The summed E-state index contributed by atoms with van der Waals surface area (Å²) in [6.45, 7) is 0.721. The standard InChI is InChI=1S/C17H31N3O2/c18-11-14-8-4-5-9-15(14)20-17(22)12-19-16(21)10-13-6-2-1-3-7-13/h13-15H,1-12,18H2,(H,19,21)(H,20,22). The van der Waals surface area contributed by atoms with Crippen molar-refractivity contribution in [3.63, 3.8) is 0 Å². The Morgan fingerprint density at radius 1 is 0.909 bits per heavy atom. The molecule has 2 amide bonds. The molecule has 2 atom stereocenters. The molecule has 0 aromatic heterocycles. The molecule has 126 valence electrons. The smallest absolute Gasteiger partial charge is 0.239 e. The first-order valence-corrected chi connectivity index (χ1v) is 8.95. The summed E-state index contributed by atoms with van der Waals surface area (Å²) in [5, 5.41) is 5.82. The number of carbonyl (C=O) groups excluding carboxylic acids is 2. The summed E-state index contributed by atoms with van der Waals surface area (Å²) in [5.41, 5.74) is 5.77. The van der Waals surface area contributed by atoms with Crippen molar-refractivity contribution in [2.75, 3.05) is 13.1 Å². The van der Waals surface area contributed by atoms with E-state index in [9.17, 15) is 9.59 Å². The molecule has 4 N–H and O–H groups in total. The van der Waals surface area contributed by atoms with Gasteiger partial charge in [0.25, 0.3) is 0 Å². The van der Waals surface area contributed by atoms with Gasteiger partial charge in [-0.05, 0) is 44.1 Å². The molecular weight excluding hydrogens is 278 g/mol. The zero-order valence-electron chi connectivity index (χ0n) is 13.6. The Bertz CT molecular complexity index is 367. The molecule has 0 aromatic carbocycles. The highest BCUT2D eigenvalue weighted by atomic mass is 16.2. The van der Waals surface area contributed by atoms with Crippen molar-refractivity contribution in [1.82, 2.24) is 10.6 Å². The van der Waals surface area contributed by atoms with Gasteiger partial charge in [0.1, 0.15) is 0 Å². The molecule has 2 saturated carbocycles. The van der Waals surface area contributed by atoms with Gasteiger partial charge in [-0.2, -0.15) is 0 Å². The lowest BCUT2D eigenvalue weighted by atomic mass is 9.84. The van der Waals surface area contributed by atoms with E-state index in [0.717, 1.165) is 32.1 Å². The van der Waals surface area contributed by atoms with Crippen molar-refractivity contribution in [2.24, 2.45) is 17.6 Å². The second-order valence-electron chi connectivity index (χ2n) is 6.94. The van der Waals surface area contributed by atoms with E-state index in [2.05, 4.69) is 10.6 Å². The fraction of sp³-hybridized carbons (Fsp3) is 0.882. The van der Waals surface area contributed by atoms with Crippen LogP contribution >= 0.6 is 0 Å². The first-order chi connectivity index (χ1) is 10.7. The number of hydrogen-bond acceptors (Lipinski definition) is 3. The normalized spacial score (nSPS) is 26.4. The van der Waals surface area contributed by atoms with E-state index in [0.29, 0.717) is 24.8 Å². The van der Waals surface area contributed by atoms with Crippen molar-refractivity contribution in [3.8, 4) is 0 Å². The molecule has 0 spiro atoms. The molecule has 0 aromatic rings. The largest absolute Gasteiger partial charge is 0.352 e. The van der Waals surface area contributed by atoms with Gasteiger partial charge in [-0.25, -0.2) is 0 Å². The van der Waals surface area contributed by atoms with Crippen LogP contribution in [0.3, 0.4) is 0 Å². The molecule has 2 aliphatic rings. The fourth-order valence-electron chi connectivity index (χ4n) is 3.84. The van der Waals surface area contributed by atoms with E-state index in [4.69, 9.17) is 5.73 Å².